The molecule has 6 rings (SSSR count). The first-order valence-electron chi connectivity index (χ1n) is 12.2. The molecule has 0 saturated carbocycles. The Kier molecular flexibility index (Phi) is 5.88. The van der Waals surface area contributed by atoms with Gasteiger partial charge in [-0.25, -0.2) is 9.96 Å². The standard InChI is InChI=1S/C30H26N2O6/c1-35-23-17-16-21(26(36-2)27(23)37-3)25-24-28(38-32(25)19-12-5-4-6-13-19)30(34)31(29(24)33)22-15-9-11-18-10-7-8-14-20(18)22/h4-17,24-25,28H,1-3H3. The Bertz CT molecular complexity index is 1530. The Balaban J connectivity index is 1.51. The molecule has 2 aliphatic rings. The van der Waals surface area contributed by atoms with Crippen molar-refractivity contribution in [3.8, 4) is 17.2 Å². The number of carbonyl (C=O) groups excluding carboxylic acids is 2. The second kappa shape index (κ2) is 9.39. The fourth-order valence-corrected chi connectivity index (χ4v) is 5.53. The lowest BCUT2D eigenvalue weighted by Crippen LogP contribution is -2.37. The van der Waals surface area contributed by atoms with Crippen molar-refractivity contribution in [1.29, 1.82) is 0 Å². The molecule has 38 heavy (non-hydrogen) atoms. The monoisotopic (exact) mass is 510 g/mol. The lowest BCUT2D eigenvalue weighted by molar-refractivity contribution is -0.126. The van der Waals surface area contributed by atoms with Crippen molar-refractivity contribution in [1.82, 2.24) is 0 Å². The first-order chi connectivity index (χ1) is 18.6. The molecule has 2 fully saturated rings. The summed E-state index contributed by atoms with van der Waals surface area (Å²) in [6.45, 7) is 0. The number of hydrogen-bond donors (Lipinski definition) is 0. The van der Waals surface area contributed by atoms with E-state index in [1.54, 1.807) is 24.3 Å². The van der Waals surface area contributed by atoms with Crippen LogP contribution in [0.5, 0.6) is 17.2 Å². The number of rotatable bonds is 6. The summed E-state index contributed by atoms with van der Waals surface area (Å²) < 4.78 is 16.9. The number of imide groups is 1. The highest BCUT2D eigenvalue weighted by molar-refractivity contribution is 6.26. The lowest BCUT2D eigenvalue weighted by Gasteiger charge is -2.30. The number of anilines is 2. The molecule has 2 saturated heterocycles. The quantitative estimate of drug-likeness (QED) is 0.341. The molecule has 0 bridgehead atoms. The highest BCUT2D eigenvalue weighted by Crippen LogP contribution is 2.53. The topological polar surface area (TPSA) is 77.5 Å². The number of amides is 2. The van der Waals surface area contributed by atoms with Crippen LogP contribution in [0.4, 0.5) is 11.4 Å². The minimum absolute atomic E-state index is 0.336. The van der Waals surface area contributed by atoms with Gasteiger partial charge in [0.05, 0.1) is 32.7 Å². The summed E-state index contributed by atoms with van der Waals surface area (Å²) in [5, 5.41) is 3.39. The van der Waals surface area contributed by atoms with Gasteiger partial charge in [-0.2, -0.15) is 0 Å². The zero-order valence-electron chi connectivity index (χ0n) is 21.2. The van der Waals surface area contributed by atoms with Crippen molar-refractivity contribution >= 4 is 34.0 Å². The van der Waals surface area contributed by atoms with Crippen LogP contribution in [0.2, 0.25) is 0 Å². The number of carbonyl (C=O) groups is 2. The maximum atomic E-state index is 14.2. The third-order valence-electron chi connectivity index (χ3n) is 7.19. The van der Waals surface area contributed by atoms with Crippen molar-refractivity contribution in [3.63, 3.8) is 0 Å². The van der Waals surface area contributed by atoms with Gasteiger partial charge in [-0.05, 0) is 35.7 Å². The van der Waals surface area contributed by atoms with E-state index in [2.05, 4.69) is 0 Å². The van der Waals surface area contributed by atoms with Gasteiger partial charge in [-0.3, -0.25) is 14.4 Å². The Morgan fingerprint density at radius 1 is 0.711 bits per heavy atom. The number of ether oxygens (including phenoxy) is 3. The van der Waals surface area contributed by atoms with Crippen molar-refractivity contribution < 1.29 is 28.6 Å². The van der Waals surface area contributed by atoms with Gasteiger partial charge >= 0.3 is 0 Å². The molecule has 3 unspecified atom stereocenters. The van der Waals surface area contributed by atoms with Gasteiger partial charge in [0.15, 0.2) is 17.6 Å². The fraction of sp³-hybridized carbons (Fsp3) is 0.200. The SMILES string of the molecule is COc1ccc(C2C3C(=O)N(c4cccc5ccccc45)C(=O)C3ON2c2ccccc2)c(OC)c1OC. The van der Waals surface area contributed by atoms with Crippen LogP contribution in [0.15, 0.2) is 84.9 Å². The number of para-hydroxylation sites is 1. The van der Waals surface area contributed by atoms with Crippen LogP contribution >= 0.6 is 0 Å². The van der Waals surface area contributed by atoms with E-state index in [1.165, 1.54) is 19.1 Å². The zero-order valence-corrected chi connectivity index (χ0v) is 21.2. The van der Waals surface area contributed by atoms with Crippen molar-refractivity contribution in [2.24, 2.45) is 5.92 Å². The molecule has 0 aromatic heterocycles. The predicted molar refractivity (Wildman–Crippen MR) is 143 cm³/mol. The summed E-state index contributed by atoms with van der Waals surface area (Å²) in [5.41, 5.74) is 1.89. The summed E-state index contributed by atoms with van der Waals surface area (Å²) in [6.07, 6.45) is -1.01. The van der Waals surface area contributed by atoms with E-state index in [0.29, 0.717) is 34.2 Å². The Labute approximate surface area is 219 Å². The van der Waals surface area contributed by atoms with E-state index < -0.39 is 24.0 Å². The third kappa shape index (κ3) is 3.48. The Morgan fingerprint density at radius 2 is 1.42 bits per heavy atom. The van der Waals surface area contributed by atoms with E-state index in [9.17, 15) is 9.59 Å². The second-order valence-electron chi connectivity index (χ2n) is 9.09. The molecule has 0 radical (unpaired) electrons. The van der Waals surface area contributed by atoms with Gasteiger partial charge in [0, 0.05) is 10.9 Å². The van der Waals surface area contributed by atoms with E-state index in [0.717, 1.165) is 10.8 Å². The average molecular weight is 511 g/mol. The average Bonchev–Trinajstić information content (AvgIpc) is 3.47. The number of benzene rings is 4. The van der Waals surface area contributed by atoms with Gasteiger partial charge in [-0.1, -0.05) is 54.6 Å². The largest absolute Gasteiger partial charge is 0.493 e. The van der Waals surface area contributed by atoms with Gasteiger partial charge in [-0.15, -0.1) is 0 Å². The summed E-state index contributed by atoms with van der Waals surface area (Å²) in [7, 11) is 4.60. The highest BCUT2D eigenvalue weighted by atomic mass is 16.7. The van der Waals surface area contributed by atoms with Crippen LogP contribution < -0.4 is 24.2 Å². The number of hydroxylamine groups is 1. The molecule has 192 valence electrons. The maximum Gasteiger partial charge on any atom is 0.266 e. The minimum atomic E-state index is -1.01. The lowest BCUT2D eigenvalue weighted by atomic mass is 9.89. The molecule has 3 atom stereocenters. The third-order valence-corrected chi connectivity index (χ3v) is 7.19. The first-order valence-corrected chi connectivity index (χ1v) is 12.2. The predicted octanol–water partition coefficient (Wildman–Crippen LogP) is 4.92. The second-order valence-corrected chi connectivity index (χ2v) is 9.09. The molecule has 2 aliphatic heterocycles. The Hall–Kier alpha value is -4.56. The summed E-state index contributed by atoms with van der Waals surface area (Å²) in [4.78, 5) is 35.6. The molecule has 0 N–H and O–H groups in total. The first kappa shape index (κ1) is 23.8. The van der Waals surface area contributed by atoms with Crippen LogP contribution in [0.3, 0.4) is 0 Å². The molecule has 4 aromatic carbocycles. The molecular formula is C30H26N2O6. The molecule has 4 aromatic rings. The van der Waals surface area contributed by atoms with Crippen molar-refractivity contribution in [2.45, 2.75) is 12.1 Å². The molecule has 8 heteroatoms. The van der Waals surface area contributed by atoms with Crippen molar-refractivity contribution in [3.05, 3.63) is 90.5 Å². The molecule has 0 spiro atoms. The number of methoxy groups -OCH3 is 3. The molecule has 0 aliphatic carbocycles. The van der Waals surface area contributed by atoms with E-state index in [4.69, 9.17) is 19.0 Å². The summed E-state index contributed by atoms with van der Waals surface area (Å²) in [5.74, 6) is -0.275. The normalized spacial score (nSPS) is 20.7. The zero-order chi connectivity index (χ0) is 26.4. The maximum absolute atomic E-state index is 14.2. The van der Waals surface area contributed by atoms with Crippen LogP contribution in [-0.4, -0.2) is 39.2 Å². The van der Waals surface area contributed by atoms with Gasteiger partial charge in [0.25, 0.3) is 5.91 Å². The Morgan fingerprint density at radius 3 is 2.16 bits per heavy atom. The number of fused-ring (bicyclic) bond motifs is 2. The molecule has 2 heterocycles. The summed E-state index contributed by atoms with van der Waals surface area (Å²) >= 11 is 0. The van der Waals surface area contributed by atoms with Gasteiger partial charge in [0.2, 0.25) is 11.7 Å². The minimum Gasteiger partial charge on any atom is -0.493 e. The number of nitrogens with zero attached hydrogens (tertiary/aromatic N) is 2. The van der Waals surface area contributed by atoms with E-state index >= 15 is 0 Å². The molecule has 2 amide bonds. The van der Waals surface area contributed by atoms with E-state index in [-0.39, 0.29) is 5.91 Å². The smallest absolute Gasteiger partial charge is 0.266 e. The van der Waals surface area contributed by atoms with Gasteiger partial charge in [0.1, 0.15) is 12.0 Å². The van der Waals surface area contributed by atoms with E-state index in [1.807, 2.05) is 72.8 Å². The highest BCUT2D eigenvalue weighted by Gasteiger charge is 2.61. The molecular weight excluding hydrogens is 484 g/mol. The summed E-state index contributed by atoms with van der Waals surface area (Å²) in [6, 6.07) is 25.6. The van der Waals surface area contributed by atoms with Crippen LogP contribution in [0.1, 0.15) is 11.6 Å². The molecule has 8 nitrogen and oxygen atoms in total. The van der Waals surface area contributed by atoms with Crippen molar-refractivity contribution in [2.75, 3.05) is 31.3 Å². The van der Waals surface area contributed by atoms with Crippen LogP contribution in [0.25, 0.3) is 10.8 Å². The van der Waals surface area contributed by atoms with Crippen LogP contribution in [-0.2, 0) is 14.4 Å². The fourth-order valence-electron chi connectivity index (χ4n) is 5.53. The van der Waals surface area contributed by atoms with Gasteiger partial charge < -0.3 is 14.2 Å². The van der Waals surface area contributed by atoms with Crippen LogP contribution in [0, 0.1) is 5.92 Å². The number of hydrogen-bond acceptors (Lipinski definition) is 7.